The van der Waals surface area contributed by atoms with Crippen LogP contribution in [0.2, 0.25) is 0 Å². The number of allylic oxidation sites excluding steroid dienone is 14. The summed E-state index contributed by atoms with van der Waals surface area (Å²) in [5.41, 5.74) is 0. The number of quaternary nitrogens is 1. The van der Waals surface area contributed by atoms with E-state index < -0.39 is 18.1 Å². The third-order valence-corrected chi connectivity index (χ3v) is 11.5. The van der Waals surface area contributed by atoms with Gasteiger partial charge in [-0.05, 0) is 89.9 Å². The monoisotopic (exact) mass is 922 g/mol. The molecule has 378 valence electrons. The van der Waals surface area contributed by atoms with Crippen LogP contribution in [0.5, 0.6) is 0 Å². The van der Waals surface area contributed by atoms with Crippen LogP contribution in [-0.2, 0) is 28.6 Å². The zero-order valence-electron chi connectivity index (χ0n) is 43.1. The van der Waals surface area contributed by atoms with E-state index in [1.54, 1.807) is 21.1 Å². The number of carboxylic acids is 1. The van der Waals surface area contributed by atoms with Crippen molar-refractivity contribution in [2.45, 2.75) is 225 Å². The van der Waals surface area contributed by atoms with Gasteiger partial charge < -0.3 is 28.6 Å². The SMILES string of the molecule is CC/C=C/C/C=C/C/C=C/C/C=C/C/C=C/C/C=C/CCCCC(=O)OCC(COCCC(C(=O)[O-])[N+](C)(C)C)OC(=O)CCCCCCCCC/C=C/CCCCCCCCCCCC. The fourth-order valence-electron chi connectivity index (χ4n) is 7.42. The Balaban J connectivity index is 4.33. The van der Waals surface area contributed by atoms with Crippen molar-refractivity contribution in [2.24, 2.45) is 0 Å². The molecule has 2 unspecified atom stereocenters. The zero-order chi connectivity index (χ0) is 48.4. The van der Waals surface area contributed by atoms with E-state index in [1.165, 1.54) is 103 Å². The number of aliphatic carboxylic acids is 1. The summed E-state index contributed by atoms with van der Waals surface area (Å²) in [6.07, 6.45) is 63.3. The fraction of sp³-hybridized carbons (Fsp3) is 0.707. The van der Waals surface area contributed by atoms with Gasteiger partial charge in [-0.25, -0.2) is 0 Å². The predicted octanol–water partition coefficient (Wildman–Crippen LogP) is 14.3. The van der Waals surface area contributed by atoms with Crippen LogP contribution < -0.4 is 5.11 Å². The van der Waals surface area contributed by atoms with Gasteiger partial charge in [-0.15, -0.1) is 0 Å². The maximum Gasteiger partial charge on any atom is 0.306 e. The van der Waals surface area contributed by atoms with E-state index >= 15 is 0 Å². The van der Waals surface area contributed by atoms with Crippen LogP contribution in [0.1, 0.15) is 213 Å². The lowest BCUT2D eigenvalue weighted by Gasteiger charge is -2.34. The number of ether oxygens (including phenoxy) is 3. The number of carbonyl (C=O) groups excluding carboxylic acids is 3. The topological polar surface area (TPSA) is 102 Å². The highest BCUT2D eigenvalue weighted by molar-refractivity contribution is 5.70. The number of carboxylic acid groups (broad SMARTS) is 1. The molecule has 0 aliphatic rings. The maximum atomic E-state index is 12.8. The van der Waals surface area contributed by atoms with Crippen molar-refractivity contribution in [3.63, 3.8) is 0 Å². The zero-order valence-corrected chi connectivity index (χ0v) is 43.1. The van der Waals surface area contributed by atoms with Crippen molar-refractivity contribution in [3.05, 3.63) is 85.1 Å². The van der Waals surface area contributed by atoms with Crippen LogP contribution in [0.25, 0.3) is 0 Å². The lowest BCUT2D eigenvalue weighted by atomic mass is 10.1. The quantitative estimate of drug-likeness (QED) is 0.0259. The van der Waals surface area contributed by atoms with Gasteiger partial charge in [-0.1, -0.05) is 189 Å². The Hall–Kier alpha value is -3.49. The summed E-state index contributed by atoms with van der Waals surface area (Å²) < 4.78 is 17.2. The predicted molar refractivity (Wildman–Crippen MR) is 277 cm³/mol. The van der Waals surface area contributed by atoms with Gasteiger partial charge in [0.25, 0.3) is 0 Å². The summed E-state index contributed by atoms with van der Waals surface area (Å²) >= 11 is 0. The van der Waals surface area contributed by atoms with Gasteiger partial charge in [-0.2, -0.15) is 0 Å². The molecule has 0 saturated heterocycles. The number of rotatable bonds is 47. The number of carbonyl (C=O) groups is 3. The minimum Gasteiger partial charge on any atom is -0.544 e. The normalized spacial score (nSPS) is 13.5. The number of nitrogens with zero attached hydrogens (tertiary/aromatic N) is 1. The van der Waals surface area contributed by atoms with Crippen LogP contribution in [-0.4, -0.2) is 75.5 Å². The van der Waals surface area contributed by atoms with Crippen molar-refractivity contribution >= 4 is 17.9 Å². The molecule has 0 N–H and O–H groups in total. The van der Waals surface area contributed by atoms with Gasteiger partial charge in [0, 0.05) is 19.3 Å². The van der Waals surface area contributed by atoms with Crippen LogP contribution in [0, 0.1) is 0 Å². The second-order valence-electron chi connectivity index (χ2n) is 18.7. The van der Waals surface area contributed by atoms with Gasteiger partial charge in [0.1, 0.15) is 12.6 Å². The number of hydrogen-bond acceptors (Lipinski definition) is 7. The van der Waals surface area contributed by atoms with E-state index in [0.717, 1.165) is 70.6 Å². The fourth-order valence-corrected chi connectivity index (χ4v) is 7.42. The standard InChI is InChI=1S/C58H99NO7/c1-6-8-10-12-14-16-18-20-22-24-26-28-30-32-34-36-38-40-42-44-46-48-56(60)65-53-54(52-64-51-50-55(58(62)63)59(3,4)5)66-57(61)49-47-45-43-41-39-37-35-33-31-29-27-25-23-21-19-17-15-13-11-9-7-2/h8,10,14,16,20,22,26,28-29,31-32,34,38,40,54-55H,6-7,9,11-13,15,17-19,21,23-25,27,30,33,35-37,39,41-53H2,1-5H3/b10-8+,16-14+,22-20+,28-26+,31-29+,34-32+,40-38+. The summed E-state index contributed by atoms with van der Waals surface area (Å²) in [7, 11) is 5.40. The van der Waals surface area contributed by atoms with E-state index in [-0.39, 0.29) is 49.1 Å². The van der Waals surface area contributed by atoms with Gasteiger partial charge in [0.15, 0.2) is 6.10 Å². The van der Waals surface area contributed by atoms with Crippen molar-refractivity contribution in [1.29, 1.82) is 0 Å². The summed E-state index contributed by atoms with van der Waals surface area (Å²) in [5.74, 6) is -1.80. The van der Waals surface area contributed by atoms with E-state index in [0.29, 0.717) is 12.8 Å². The third kappa shape index (κ3) is 45.7. The summed E-state index contributed by atoms with van der Waals surface area (Å²) in [6, 6.07) is -0.738. The summed E-state index contributed by atoms with van der Waals surface area (Å²) in [6.45, 7) is 4.51. The van der Waals surface area contributed by atoms with Crippen molar-refractivity contribution in [3.8, 4) is 0 Å². The molecule has 0 amide bonds. The second kappa shape index (κ2) is 48.0. The molecule has 0 saturated carbocycles. The molecule has 8 heteroatoms. The molecular weight excluding hydrogens is 823 g/mol. The highest BCUT2D eigenvalue weighted by Gasteiger charge is 2.25. The van der Waals surface area contributed by atoms with Crippen molar-refractivity contribution in [2.75, 3.05) is 41.0 Å². The van der Waals surface area contributed by atoms with Gasteiger partial charge in [0.05, 0.1) is 40.3 Å². The molecule has 2 atom stereocenters. The molecule has 0 heterocycles. The number of hydrogen-bond donors (Lipinski definition) is 0. The van der Waals surface area contributed by atoms with Crippen LogP contribution >= 0.6 is 0 Å². The summed E-state index contributed by atoms with van der Waals surface area (Å²) in [4.78, 5) is 37.1. The molecule has 0 radical (unpaired) electrons. The minimum absolute atomic E-state index is 0.0209. The van der Waals surface area contributed by atoms with Crippen LogP contribution in [0.4, 0.5) is 0 Å². The van der Waals surface area contributed by atoms with Gasteiger partial charge >= 0.3 is 11.9 Å². The van der Waals surface area contributed by atoms with Gasteiger partial charge in [-0.3, -0.25) is 9.59 Å². The number of unbranched alkanes of at least 4 members (excludes halogenated alkanes) is 19. The van der Waals surface area contributed by atoms with Crippen molar-refractivity contribution in [1.82, 2.24) is 0 Å². The maximum absolute atomic E-state index is 12.8. The van der Waals surface area contributed by atoms with E-state index in [2.05, 4.69) is 98.9 Å². The first-order chi connectivity index (χ1) is 32.1. The Labute approximate surface area is 405 Å². The van der Waals surface area contributed by atoms with Crippen LogP contribution in [0.3, 0.4) is 0 Å². The lowest BCUT2D eigenvalue weighted by molar-refractivity contribution is -0.889. The lowest BCUT2D eigenvalue weighted by Crippen LogP contribution is -2.55. The molecule has 66 heavy (non-hydrogen) atoms. The Kier molecular flexibility index (Phi) is 45.4. The minimum atomic E-state index is -1.13. The smallest absolute Gasteiger partial charge is 0.306 e. The molecule has 0 aliphatic carbocycles. The van der Waals surface area contributed by atoms with Crippen molar-refractivity contribution < 1.29 is 38.2 Å². The average Bonchev–Trinajstić information content (AvgIpc) is 3.28. The molecule has 8 nitrogen and oxygen atoms in total. The first kappa shape index (κ1) is 62.5. The van der Waals surface area contributed by atoms with E-state index in [4.69, 9.17) is 14.2 Å². The molecule has 0 aliphatic heterocycles. The molecule has 0 bridgehead atoms. The Morgan fingerprint density at radius 1 is 0.470 bits per heavy atom. The molecule has 0 rings (SSSR count). The highest BCUT2D eigenvalue weighted by atomic mass is 16.6. The first-order valence-electron chi connectivity index (χ1n) is 26.6. The second-order valence-corrected chi connectivity index (χ2v) is 18.7. The molecular formula is C58H99NO7. The summed E-state index contributed by atoms with van der Waals surface area (Å²) in [5, 5.41) is 11.7. The van der Waals surface area contributed by atoms with E-state index in [9.17, 15) is 19.5 Å². The number of esters is 2. The van der Waals surface area contributed by atoms with Gasteiger partial charge in [0.2, 0.25) is 0 Å². The largest absolute Gasteiger partial charge is 0.544 e. The molecule has 0 aromatic heterocycles. The Bertz CT molecular complexity index is 1350. The molecule has 0 fully saturated rings. The van der Waals surface area contributed by atoms with Crippen LogP contribution in [0.15, 0.2) is 85.1 Å². The molecule has 0 aromatic carbocycles. The number of likely N-dealkylation sites (N-methyl/N-ethyl adjacent to an activating group) is 1. The Morgan fingerprint density at radius 3 is 1.30 bits per heavy atom. The van der Waals surface area contributed by atoms with E-state index in [1.807, 2.05) is 0 Å². The Morgan fingerprint density at radius 2 is 0.848 bits per heavy atom. The first-order valence-corrected chi connectivity index (χ1v) is 26.6. The third-order valence-electron chi connectivity index (χ3n) is 11.5. The average molecular weight is 922 g/mol. The molecule has 0 spiro atoms. The molecule has 0 aromatic rings. The highest BCUT2D eigenvalue weighted by Crippen LogP contribution is 2.14.